The van der Waals surface area contributed by atoms with Crippen LogP contribution in [0.2, 0.25) is 0 Å². The number of thioether (sulfide) groups is 1. The van der Waals surface area contributed by atoms with E-state index in [0.717, 1.165) is 18.0 Å². The number of rotatable bonds is 5. The lowest BCUT2D eigenvalue weighted by molar-refractivity contribution is 0.701. The van der Waals surface area contributed by atoms with Gasteiger partial charge in [0.2, 0.25) is 0 Å². The fourth-order valence-electron chi connectivity index (χ4n) is 1.19. The summed E-state index contributed by atoms with van der Waals surface area (Å²) in [5.41, 5.74) is 6.63. The van der Waals surface area contributed by atoms with Crippen molar-refractivity contribution >= 4 is 23.3 Å². The van der Waals surface area contributed by atoms with Gasteiger partial charge >= 0.3 is 0 Å². The number of nitrogen functional groups attached to an aromatic ring is 1. The number of hydrogen-bond acceptors (Lipinski definition) is 4. The van der Waals surface area contributed by atoms with E-state index in [0.29, 0.717) is 11.7 Å². The van der Waals surface area contributed by atoms with Crippen LogP contribution in [0.15, 0.2) is 18.3 Å². The van der Waals surface area contributed by atoms with Crippen molar-refractivity contribution < 1.29 is 0 Å². The van der Waals surface area contributed by atoms with Crippen LogP contribution in [0, 0.1) is 5.92 Å². The minimum absolute atomic E-state index is 0.573. The molecule has 0 saturated carbocycles. The summed E-state index contributed by atoms with van der Waals surface area (Å²) in [6.07, 6.45) is 3.82. The molecular formula is C10H17N3S. The average Bonchev–Trinajstić information content (AvgIpc) is 2.17. The van der Waals surface area contributed by atoms with E-state index in [2.05, 4.69) is 23.5 Å². The fourth-order valence-corrected chi connectivity index (χ4v) is 1.88. The van der Waals surface area contributed by atoms with E-state index in [1.807, 2.05) is 23.9 Å². The lowest BCUT2D eigenvalue weighted by Gasteiger charge is -2.12. The third-order valence-electron chi connectivity index (χ3n) is 1.93. The van der Waals surface area contributed by atoms with E-state index in [1.165, 1.54) is 0 Å². The van der Waals surface area contributed by atoms with E-state index in [9.17, 15) is 0 Å². The Hall–Kier alpha value is -0.900. The van der Waals surface area contributed by atoms with Crippen molar-refractivity contribution in [3.8, 4) is 0 Å². The molecule has 0 fully saturated rings. The van der Waals surface area contributed by atoms with Gasteiger partial charge in [-0.25, -0.2) is 4.98 Å². The van der Waals surface area contributed by atoms with Crippen molar-refractivity contribution in [3.63, 3.8) is 0 Å². The number of nitrogens with one attached hydrogen (secondary N) is 1. The molecule has 0 aliphatic rings. The van der Waals surface area contributed by atoms with Gasteiger partial charge in [0.05, 0.1) is 5.69 Å². The predicted molar refractivity (Wildman–Crippen MR) is 64.7 cm³/mol. The summed E-state index contributed by atoms with van der Waals surface area (Å²) in [5.74, 6) is 2.38. The number of nitrogens with zero attached hydrogens (tertiary/aromatic N) is 1. The quantitative estimate of drug-likeness (QED) is 0.783. The molecule has 1 unspecified atom stereocenters. The zero-order chi connectivity index (χ0) is 10.4. The Balaban J connectivity index is 2.41. The van der Waals surface area contributed by atoms with Gasteiger partial charge in [-0.2, -0.15) is 11.8 Å². The third kappa shape index (κ3) is 3.46. The topological polar surface area (TPSA) is 50.9 Å². The second-order valence-electron chi connectivity index (χ2n) is 3.38. The van der Waals surface area contributed by atoms with Crippen LogP contribution >= 0.6 is 11.8 Å². The summed E-state index contributed by atoms with van der Waals surface area (Å²) in [7, 11) is 0. The van der Waals surface area contributed by atoms with Crippen LogP contribution in [-0.2, 0) is 0 Å². The molecular weight excluding hydrogens is 194 g/mol. The SMILES string of the molecule is CSCC(C)CNc1cccnc1N. The number of anilines is 2. The second kappa shape index (κ2) is 5.75. The highest BCUT2D eigenvalue weighted by molar-refractivity contribution is 7.98. The first-order chi connectivity index (χ1) is 6.74. The van der Waals surface area contributed by atoms with Crippen molar-refractivity contribution in [1.82, 2.24) is 4.98 Å². The van der Waals surface area contributed by atoms with Gasteiger partial charge in [0, 0.05) is 12.7 Å². The lowest BCUT2D eigenvalue weighted by atomic mass is 10.2. The molecule has 14 heavy (non-hydrogen) atoms. The van der Waals surface area contributed by atoms with Crippen molar-refractivity contribution in [1.29, 1.82) is 0 Å². The van der Waals surface area contributed by atoms with E-state index in [-0.39, 0.29) is 0 Å². The number of pyridine rings is 1. The largest absolute Gasteiger partial charge is 0.382 e. The number of aromatic nitrogens is 1. The predicted octanol–water partition coefficient (Wildman–Crippen LogP) is 2.07. The first-order valence-electron chi connectivity index (χ1n) is 4.67. The molecule has 1 aromatic heterocycles. The first kappa shape index (κ1) is 11.2. The molecule has 0 saturated heterocycles. The number of nitrogens with two attached hydrogens (primary N) is 1. The molecule has 1 atom stereocenters. The molecule has 0 aliphatic heterocycles. The van der Waals surface area contributed by atoms with Gasteiger partial charge in [-0.15, -0.1) is 0 Å². The summed E-state index contributed by atoms with van der Waals surface area (Å²) in [6, 6.07) is 3.84. The summed E-state index contributed by atoms with van der Waals surface area (Å²) in [5, 5.41) is 3.30. The maximum absolute atomic E-state index is 5.70. The van der Waals surface area contributed by atoms with Crippen LogP contribution < -0.4 is 11.1 Å². The van der Waals surface area contributed by atoms with Crippen molar-refractivity contribution in [3.05, 3.63) is 18.3 Å². The van der Waals surface area contributed by atoms with Gasteiger partial charge in [-0.3, -0.25) is 0 Å². The van der Waals surface area contributed by atoms with E-state index >= 15 is 0 Å². The van der Waals surface area contributed by atoms with Crippen LogP contribution in [-0.4, -0.2) is 23.5 Å². The second-order valence-corrected chi connectivity index (χ2v) is 4.29. The van der Waals surface area contributed by atoms with Crippen molar-refractivity contribution in [2.45, 2.75) is 6.92 Å². The summed E-state index contributed by atoms with van der Waals surface area (Å²) in [4.78, 5) is 4.01. The van der Waals surface area contributed by atoms with Gasteiger partial charge in [-0.05, 0) is 30.1 Å². The summed E-state index contributed by atoms with van der Waals surface area (Å²) in [6.45, 7) is 3.16. The maximum atomic E-state index is 5.70. The van der Waals surface area contributed by atoms with Gasteiger partial charge in [0.25, 0.3) is 0 Å². The Morgan fingerprint density at radius 2 is 2.43 bits per heavy atom. The normalized spacial score (nSPS) is 12.4. The Labute approximate surface area is 89.5 Å². The standard InChI is InChI=1S/C10H17N3S/c1-8(7-14-2)6-13-9-4-3-5-12-10(9)11/h3-5,8,13H,6-7H2,1-2H3,(H2,11,12). The van der Waals surface area contributed by atoms with Crippen molar-refractivity contribution in [2.75, 3.05) is 29.6 Å². The molecule has 1 aromatic rings. The zero-order valence-corrected chi connectivity index (χ0v) is 9.47. The first-order valence-corrected chi connectivity index (χ1v) is 6.06. The monoisotopic (exact) mass is 211 g/mol. The van der Waals surface area contributed by atoms with Crippen molar-refractivity contribution in [2.24, 2.45) is 5.92 Å². The Bertz CT molecular complexity index is 278. The molecule has 78 valence electrons. The Morgan fingerprint density at radius 3 is 3.07 bits per heavy atom. The van der Waals surface area contributed by atoms with Crippen LogP contribution in [0.25, 0.3) is 0 Å². The highest BCUT2D eigenvalue weighted by Crippen LogP contribution is 2.14. The summed E-state index contributed by atoms with van der Waals surface area (Å²) < 4.78 is 0. The molecule has 1 heterocycles. The molecule has 0 aliphatic carbocycles. The minimum Gasteiger partial charge on any atom is -0.382 e. The molecule has 1 rings (SSSR count). The van der Waals surface area contributed by atoms with E-state index in [1.54, 1.807) is 6.20 Å². The molecule has 0 bridgehead atoms. The van der Waals surface area contributed by atoms with E-state index < -0.39 is 0 Å². The third-order valence-corrected chi connectivity index (χ3v) is 2.83. The Morgan fingerprint density at radius 1 is 1.64 bits per heavy atom. The zero-order valence-electron chi connectivity index (χ0n) is 8.66. The highest BCUT2D eigenvalue weighted by atomic mass is 32.2. The average molecular weight is 211 g/mol. The van der Waals surface area contributed by atoms with Crippen LogP contribution in [0.5, 0.6) is 0 Å². The maximum Gasteiger partial charge on any atom is 0.146 e. The molecule has 0 amide bonds. The minimum atomic E-state index is 0.573. The molecule has 3 nitrogen and oxygen atoms in total. The van der Waals surface area contributed by atoms with Crippen LogP contribution in [0.3, 0.4) is 0 Å². The number of hydrogen-bond donors (Lipinski definition) is 2. The van der Waals surface area contributed by atoms with Gasteiger partial charge in [0.1, 0.15) is 5.82 Å². The lowest BCUT2D eigenvalue weighted by Crippen LogP contribution is -2.14. The molecule has 0 radical (unpaired) electrons. The fraction of sp³-hybridized carbons (Fsp3) is 0.500. The molecule has 3 N–H and O–H groups in total. The molecule has 0 aromatic carbocycles. The smallest absolute Gasteiger partial charge is 0.146 e. The van der Waals surface area contributed by atoms with Gasteiger partial charge in [-0.1, -0.05) is 6.92 Å². The van der Waals surface area contributed by atoms with Gasteiger partial charge in [0.15, 0.2) is 0 Å². The molecule has 4 heteroatoms. The highest BCUT2D eigenvalue weighted by Gasteiger charge is 2.02. The Kier molecular flexibility index (Phi) is 4.59. The van der Waals surface area contributed by atoms with Crippen LogP contribution in [0.4, 0.5) is 11.5 Å². The van der Waals surface area contributed by atoms with Crippen LogP contribution in [0.1, 0.15) is 6.92 Å². The summed E-state index contributed by atoms with van der Waals surface area (Å²) >= 11 is 1.86. The van der Waals surface area contributed by atoms with E-state index in [4.69, 9.17) is 5.73 Å². The molecule has 0 spiro atoms. The van der Waals surface area contributed by atoms with Gasteiger partial charge < -0.3 is 11.1 Å².